The molecule has 1 amide bonds. The molecule has 0 spiro atoms. The van der Waals surface area contributed by atoms with E-state index in [1.54, 1.807) is 0 Å². The fourth-order valence-corrected chi connectivity index (χ4v) is 12.0. The largest absolute Gasteiger partial charge is 0.394 e. The van der Waals surface area contributed by atoms with E-state index in [4.69, 9.17) is 9.47 Å². The number of ether oxygens (including phenoxy) is 2. The van der Waals surface area contributed by atoms with Gasteiger partial charge in [0.05, 0.1) is 25.4 Å². The lowest BCUT2D eigenvalue weighted by atomic mass is 9.99. The molecule has 1 fully saturated rings. The van der Waals surface area contributed by atoms with Gasteiger partial charge in [0.15, 0.2) is 6.29 Å². The Kier molecular flexibility index (Phi) is 65.2. The van der Waals surface area contributed by atoms with Crippen molar-refractivity contribution in [3.63, 3.8) is 0 Å². The smallest absolute Gasteiger partial charge is 0.220 e. The summed E-state index contributed by atoms with van der Waals surface area (Å²) in [5.74, 6) is -0.148. The number of nitrogens with one attached hydrogen (secondary N) is 1. The SMILES string of the molecule is CC/C=C\C/C=C\C/C=C\C/C=C\C/C=C\C/C=C\C/C=C\C/C=C\CCCCCCCCCCCCC(=O)NC(COC1OC(CO)C(O)C(O)C1O)C(O)CCCCCCCCCCCCCCCCCCCCCCCCCCCCCCCCCC. The first-order chi connectivity index (χ1) is 44.3. The van der Waals surface area contributed by atoms with Crippen LogP contribution in [0, 0.1) is 0 Å². The Labute approximate surface area is 555 Å². The van der Waals surface area contributed by atoms with Crippen LogP contribution in [0.15, 0.2) is 97.2 Å². The van der Waals surface area contributed by atoms with Crippen molar-refractivity contribution in [1.29, 1.82) is 0 Å². The van der Waals surface area contributed by atoms with Crippen molar-refractivity contribution in [3.05, 3.63) is 97.2 Å². The molecule has 7 atom stereocenters. The molecule has 0 saturated carbocycles. The number of carbonyl (C=O) groups excluding carboxylic acids is 1. The van der Waals surface area contributed by atoms with Crippen LogP contribution in [0.2, 0.25) is 0 Å². The van der Waals surface area contributed by atoms with E-state index in [9.17, 15) is 30.3 Å². The van der Waals surface area contributed by atoms with Crippen molar-refractivity contribution in [3.8, 4) is 0 Å². The summed E-state index contributed by atoms with van der Waals surface area (Å²) >= 11 is 0. The topological polar surface area (TPSA) is 149 Å². The van der Waals surface area contributed by atoms with Crippen molar-refractivity contribution in [1.82, 2.24) is 5.32 Å². The molecule has 1 heterocycles. The molecule has 90 heavy (non-hydrogen) atoms. The highest BCUT2D eigenvalue weighted by Crippen LogP contribution is 2.24. The molecule has 1 saturated heterocycles. The Hall–Kier alpha value is -2.89. The maximum Gasteiger partial charge on any atom is 0.220 e. The summed E-state index contributed by atoms with van der Waals surface area (Å²) in [7, 11) is 0. The van der Waals surface area contributed by atoms with Gasteiger partial charge in [-0.1, -0.05) is 368 Å². The predicted octanol–water partition coefficient (Wildman–Crippen LogP) is 21.8. The number of aliphatic hydroxyl groups is 5. The lowest BCUT2D eigenvalue weighted by Gasteiger charge is -2.40. The molecule has 7 unspecified atom stereocenters. The highest BCUT2D eigenvalue weighted by molar-refractivity contribution is 5.76. The number of amides is 1. The first-order valence-corrected chi connectivity index (χ1v) is 38.4. The molecule has 522 valence electrons. The standard InChI is InChI=1S/C81H145NO8/c1-3-5-7-9-11-13-15-17-19-21-23-25-27-29-31-33-35-37-38-39-41-43-45-47-49-51-53-55-57-59-61-63-65-67-69-71-77(85)82-74(73-89-81-80(88)79(87)78(86)76(72-83)90-81)75(84)70-68-66-64-62-60-58-56-54-52-50-48-46-44-42-40-36-34-32-30-28-26-24-22-20-18-16-14-12-10-8-6-4-2/h5,7,11,13,17,19,23,25,29,31,35,37,39,41,45,47,74-76,78-81,83-84,86-88H,3-4,6,8-10,12,14-16,18,20-22,24,26-28,30,32-34,36,38,40,42-44,46,48-73H2,1-2H3,(H,82,85)/b7-5-,13-11-,19-17-,25-23-,31-29-,37-35-,41-39-,47-45-. The first kappa shape index (κ1) is 85.1. The van der Waals surface area contributed by atoms with E-state index in [0.717, 1.165) is 96.3 Å². The van der Waals surface area contributed by atoms with Gasteiger partial charge in [-0.05, 0) is 77.0 Å². The molecule has 0 aromatic rings. The average molecular weight is 1260 g/mol. The highest BCUT2D eigenvalue weighted by Gasteiger charge is 2.44. The number of hydrogen-bond donors (Lipinski definition) is 6. The molecular formula is C81H145NO8. The van der Waals surface area contributed by atoms with Gasteiger partial charge in [-0.2, -0.15) is 0 Å². The van der Waals surface area contributed by atoms with Crippen LogP contribution in [0.5, 0.6) is 0 Å². The molecule has 0 radical (unpaired) electrons. The normalized spacial score (nSPS) is 18.3. The second-order valence-electron chi connectivity index (χ2n) is 26.4. The minimum Gasteiger partial charge on any atom is -0.394 e. The Bertz CT molecular complexity index is 1750. The van der Waals surface area contributed by atoms with Crippen molar-refractivity contribution >= 4 is 5.91 Å². The van der Waals surface area contributed by atoms with Gasteiger partial charge >= 0.3 is 0 Å². The number of carbonyl (C=O) groups is 1. The summed E-state index contributed by atoms with van der Waals surface area (Å²) in [6.45, 7) is 3.76. The molecule has 0 aromatic carbocycles. The lowest BCUT2D eigenvalue weighted by molar-refractivity contribution is -0.302. The van der Waals surface area contributed by atoms with Gasteiger partial charge in [-0.3, -0.25) is 4.79 Å². The summed E-state index contributed by atoms with van der Waals surface area (Å²) in [6.07, 6.45) is 93.5. The summed E-state index contributed by atoms with van der Waals surface area (Å²) in [5.41, 5.74) is 0. The van der Waals surface area contributed by atoms with Crippen LogP contribution >= 0.6 is 0 Å². The number of allylic oxidation sites excluding steroid dienone is 16. The molecule has 9 heteroatoms. The monoisotopic (exact) mass is 1260 g/mol. The van der Waals surface area contributed by atoms with E-state index in [2.05, 4.69) is 116 Å². The van der Waals surface area contributed by atoms with Crippen molar-refractivity contribution < 1.29 is 39.8 Å². The van der Waals surface area contributed by atoms with Gasteiger partial charge in [-0.15, -0.1) is 0 Å². The molecule has 9 nitrogen and oxygen atoms in total. The quantitative estimate of drug-likeness (QED) is 0.0261. The lowest BCUT2D eigenvalue weighted by Crippen LogP contribution is -2.60. The van der Waals surface area contributed by atoms with Crippen molar-refractivity contribution in [2.75, 3.05) is 13.2 Å². The van der Waals surface area contributed by atoms with Gasteiger partial charge in [0.1, 0.15) is 24.4 Å². The average Bonchev–Trinajstić information content (AvgIpc) is 1.28. The summed E-state index contributed by atoms with van der Waals surface area (Å²) in [6, 6.07) is -0.730. The first-order valence-electron chi connectivity index (χ1n) is 38.4. The molecule has 0 bridgehead atoms. The molecule has 1 aliphatic rings. The van der Waals surface area contributed by atoms with Crippen LogP contribution in [0.1, 0.15) is 354 Å². The maximum absolute atomic E-state index is 13.2. The zero-order valence-electron chi connectivity index (χ0n) is 58.6. The number of aliphatic hydroxyl groups excluding tert-OH is 5. The zero-order valence-corrected chi connectivity index (χ0v) is 58.6. The third-order valence-corrected chi connectivity index (χ3v) is 18.0. The van der Waals surface area contributed by atoms with E-state index in [1.165, 1.54) is 231 Å². The third kappa shape index (κ3) is 56.6. The van der Waals surface area contributed by atoms with Gasteiger partial charge < -0.3 is 40.3 Å². The third-order valence-electron chi connectivity index (χ3n) is 18.0. The van der Waals surface area contributed by atoms with Gasteiger partial charge in [-0.25, -0.2) is 0 Å². The van der Waals surface area contributed by atoms with Gasteiger partial charge in [0.25, 0.3) is 0 Å². The van der Waals surface area contributed by atoms with Crippen LogP contribution in [0.4, 0.5) is 0 Å². The van der Waals surface area contributed by atoms with Gasteiger partial charge in [0.2, 0.25) is 5.91 Å². The predicted molar refractivity (Wildman–Crippen MR) is 387 cm³/mol. The number of hydrogen-bond acceptors (Lipinski definition) is 8. The van der Waals surface area contributed by atoms with E-state index >= 15 is 0 Å². The summed E-state index contributed by atoms with van der Waals surface area (Å²) in [4.78, 5) is 13.2. The van der Waals surface area contributed by atoms with E-state index in [-0.39, 0.29) is 12.5 Å². The van der Waals surface area contributed by atoms with Crippen LogP contribution in [0.3, 0.4) is 0 Å². The van der Waals surface area contributed by atoms with E-state index in [1.807, 2.05) is 0 Å². The van der Waals surface area contributed by atoms with E-state index < -0.39 is 49.5 Å². The van der Waals surface area contributed by atoms with Crippen molar-refractivity contribution in [2.24, 2.45) is 0 Å². The van der Waals surface area contributed by atoms with Crippen LogP contribution in [0.25, 0.3) is 0 Å². The second-order valence-corrected chi connectivity index (χ2v) is 26.4. The summed E-state index contributed by atoms with van der Waals surface area (Å²) < 4.78 is 11.4. The Morgan fingerprint density at radius 1 is 0.389 bits per heavy atom. The minimum absolute atomic E-state index is 0.142. The van der Waals surface area contributed by atoms with E-state index in [0.29, 0.717) is 12.8 Å². The molecule has 0 aromatic heterocycles. The Morgan fingerprint density at radius 3 is 1.02 bits per heavy atom. The Morgan fingerprint density at radius 2 is 0.689 bits per heavy atom. The molecule has 6 N–H and O–H groups in total. The number of unbranched alkanes of at least 4 members (excludes halogenated alkanes) is 41. The molecule has 1 rings (SSSR count). The maximum atomic E-state index is 13.2. The zero-order chi connectivity index (χ0) is 64.9. The molecule has 0 aliphatic carbocycles. The fourth-order valence-electron chi connectivity index (χ4n) is 12.0. The second kappa shape index (κ2) is 69.0. The minimum atomic E-state index is -1.56. The molecular weight excluding hydrogens is 1110 g/mol. The van der Waals surface area contributed by atoms with Crippen molar-refractivity contribution in [2.45, 2.75) is 397 Å². The van der Waals surface area contributed by atoms with Crippen LogP contribution in [-0.2, 0) is 14.3 Å². The van der Waals surface area contributed by atoms with Crippen LogP contribution < -0.4 is 5.32 Å². The molecule has 1 aliphatic heterocycles. The fraction of sp³-hybridized carbons (Fsp3) is 0.790. The summed E-state index contributed by atoms with van der Waals surface area (Å²) in [5, 5.41) is 55.1. The highest BCUT2D eigenvalue weighted by atomic mass is 16.7. The number of rotatable bonds is 67. The van der Waals surface area contributed by atoms with Crippen LogP contribution in [-0.4, -0.2) is 87.5 Å². The Balaban J connectivity index is 2.10. The van der Waals surface area contributed by atoms with Gasteiger partial charge in [0, 0.05) is 6.42 Å².